The Labute approximate surface area is 203 Å². The highest BCUT2D eigenvalue weighted by Gasteiger charge is 2.35. The summed E-state index contributed by atoms with van der Waals surface area (Å²) in [6.07, 6.45) is 1.18. The quantitative estimate of drug-likeness (QED) is 0.533. The number of hydrogen-bond acceptors (Lipinski definition) is 6. The SMILES string of the molecule is CC1(C)CC(=O)c2c(nc(N3CCN(c4ccc(F)cc4)CC3)nc2Nc2ccc(Cl)cc2)C1. The molecule has 34 heavy (non-hydrogen) atoms. The molecule has 1 saturated heterocycles. The molecule has 0 unspecified atom stereocenters. The number of carbonyl (C=O) groups excluding carboxylic acids is 1. The lowest BCUT2D eigenvalue weighted by atomic mass is 9.75. The molecule has 0 atom stereocenters. The monoisotopic (exact) mass is 479 g/mol. The van der Waals surface area contributed by atoms with Crippen molar-refractivity contribution >= 4 is 40.5 Å². The van der Waals surface area contributed by atoms with E-state index in [1.807, 2.05) is 24.3 Å². The first kappa shape index (κ1) is 22.6. The zero-order valence-corrected chi connectivity index (χ0v) is 20.1. The van der Waals surface area contributed by atoms with Crippen LogP contribution < -0.4 is 15.1 Å². The normalized spacial score (nSPS) is 17.5. The van der Waals surface area contributed by atoms with E-state index < -0.39 is 0 Å². The number of Topliss-reactive ketones (excluding diaryl/α,β-unsaturated/α-hetero) is 1. The summed E-state index contributed by atoms with van der Waals surface area (Å²) in [5, 5.41) is 3.98. The highest BCUT2D eigenvalue weighted by Crippen LogP contribution is 2.38. The zero-order chi connectivity index (χ0) is 23.9. The molecule has 0 amide bonds. The molecular formula is C26H27ClFN5O. The van der Waals surface area contributed by atoms with Gasteiger partial charge >= 0.3 is 0 Å². The van der Waals surface area contributed by atoms with Crippen molar-refractivity contribution in [3.8, 4) is 0 Å². The number of carbonyl (C=O) groups is 1. The van der Waals surface area contributed by atoms with Crippen LogP contribution in [0.15, 0.2) is 48.5 Å². The molecule has 1 aromatic heterocycles. The van der Waals surface area contributed by atoms with E-state index in [2.05, 4.69) is 29.0 Å². The second kappa shape index (κ2) is 8.87. The number of rotatable bonds is 4. The molecular weight excluding hydrogens is 453 g/mol. The number of nitrogens with zero attached hydrogens (tertiary/aromatic N) is 4. The van der Waals surface area contributed by atoms with Gasteiger partial charge in [0.05, 0.1) is 11.3 Å². The van der Waals surface area contributed by atoms with Gasteiger partial charge in [-0.3, -0.25) is 4.79 Å². The second-order valence-corrected chi connectivity index (χ2v) is 10.2. The van der Waals surface area contributed by atoms with Gasteiger partial charge in [0.15, 0.2) is 5.78 Å². The van der Waals surface area contributed by atoms with Gasteiger partial charge in [-0.15, -0.1) is 0 Å². The van der Waals surface area contributed by atoms with E-state index in [1.165, 1.54) is 12.1 Å². The number of fused-ring (bicyclic) bond motifs is 1. The molecule has 0 bridgehead atoms. The summed E-state index contributed by atoms with van der Waals surface area (Å²) < 4.78 is 13.3. The van der Waals surface area contributed by atoms with Gasteiger partial charge in [0.1, 0.15) is 11.6 Å². The Morgan fingerprint density at radius 3 is 2.24 bits per heavy atom. The summed E-state index contributed by atoms with van der Waals surface area (Å²) in [5.74, 6) is 1.00. The number of ketones is 1. The van der Waals surface area contributed by atoms with Crippen molar-refractivity contribution in [2.24, 2.45) is 5.41 Å². The van der Waals surface area contributed by atoms with E-state index in [4.69, 9.17) is 21.6 Å². The lowest BCUT2D eigenvalue weighted by molar-refractivity contribution is 0.0911. The van der Waals surface area contributed by atoms with Gasteiger partial charge < -0.3 is 15.1 Å². The van der Waals surface area contributed by atoms with E-state index in [1.54, 1.807) is 12.1 Å². The average molecular weight is 480 g/mol. The lowest BCUT2D eigenvalue weighted by Crippen LogP contribution is -2.47. The molecule has 2 aliphatic rings. The van der Waals surface area contributed by atoms with Gasteiger partial charge in [0.2, 0.25) is 5.95 Å². The van der Waals surface area contributed by atoms with E-state index in [9.17, 15) is 9.18 Å². The molecule has 5 rings (SSSR count). The van der Waals surface area contributed by atoms with Crippen LogP contribution in [0.2, 0.25) is 5.02 Å². The van der Waals surface area contributed by atoms with Crippen LogP contribution in [0.3, 0.4) is 0 Å². The Kier molecular flexibility index (Phi) is 5.90. The van der Waals surface area contributed by atoms with Gasteiger partial charge in [-0.05, 0) is 60.4 Å². The smallest absolute Gasteiger partial charge is 0.227 e. The van der Waals surface area contributed by atoms with Crippen LogP contribution in [0.5, 0.6) is 0 Å². The van der Waals surface area contributed by atoms with Crippen molar-refractivity contribution in [3.63, 3.8) is 0 Å². The standard InChI is InChI=1S/C26H27ClFN5O/c1-26(2)15-21-23(22(34)16-26)24(29-19-7-3-17(27)4-8-19)31-25(30-21)33-13-11-32(12-14-33)20-9-5-18(28)6-10-20/h3-10H,11-16H2,1-2H3,(H,29,30,31). The number of aromatic nitrogens is 2. The number of nitrogens with one attached hydrogen (secondary N) is 1. The van der Waals surface area contributed by atoms with Crippen LogP contribution in [0.25, 0.3) is 0 Å². The lowest BCUT2D eigenvalue weighted by Gasteiger charge is -2.37. The largest absolute Gasteiger partial charge is 0.368 e. The molecule has 8 heteroatoms. The Balaban J connectivity index is 1.44. The zero-order valence-electron chi connectivity index (χ0n) is 19.3. The first-order chi connectivity index (χ1) is 16.3. The van der Waals surface area contributed by atoms with Crippen LogP contribution in [-0.2, 0) is 6.42 Å². The van der Waals surface area contributed by atoms with Gasteiger partial charge in [0.25, 0.3) is 0 Å². The molecule has 0 saturated carbocycles. The average Bonchev–Trinajstić information content (AvgIpc) is 2.80. The van der Waals surface area contributed by atoms with Crippen LogP contribution >= 0.6 is 11.6 Å². The Morgan fingerprint density at radius 2 is 1.56 bits per heavy atom. The minimum atomic E-state index is -0.233. The fourth-order valence-electron chi connectivity index (χ4n) is 4.67. The van der Waals surface area contributed by atoms with Gasteiger partial charge in [0, 0.05) is 49.0 Å². The van der Waals surface area contributed by atoms with Crippen LogP contribution in [-0.4, -0.2) is 41.9 Å². The van der Waals surface area contributed by atoms with Crippen molar-refractivity contribution in [1.82, 2.24) is 9.97 Å². The molecule has 1 fully saturated rings. The predicted octanol–water partition coefficient (Wildman–Crippen LogP) is 5.49. The third kappa shape index (κ3) is 4.71. The van der Waals surface area contributed by atoms with Crippen LogP contribution in [0.4, 0.5) is 27.5 Å². The topological polar surface area (TPSA) is 61.4 Å². The number of benzene rings is 2. The maximum atomic E-state index is 13.3. The van der Waals surface area contributed by atoms with Gasteiger partial charge in [-0.25, -0.2) is 9.37 Å². The minimum absolute atomic E-state index is 0.0652. The molecule has 0 spiro atoms. The molecule has 3 aromatic rings. The fourth-order valence-corrected chi connectivity index (χ4v) is 4.80. The molecule has 176 valence electrons. The minimum Gasteiger partial charge on any atom is -0.368 e. The summed E-state index contributed by atoms with van der Waals surface area (Å²) in [5.41, 5.74) is 3.06. The van der Waals surface area contributed by atoms with E-state index in [0.29, 0.717) is 35.2 Å². The van der Waals surface area contributed by atoms with E-state index in [-0.39, 0.29) is 17.0 Å². The first-order valence-electron chi connectivity index (χ1n) is 11.5. The van der Waals surface area contributed by atoms with Crippen molar-refractivity contribution in [2.75, 3.05) is 41.3 Å². The molecule has 6 nitrogen and oxygen atoms in total. The molecule has 2 aromatic carbocycles. The Hall–Kier alpha value is -3.19. The predicted molar refractivity (Wildman–Crippen MR) is 134 cm³/mol. The maximum absolute atomic E-state index is 13.3. The molecule has 1 aliphatic carbocycles. The summed E-state index contributed by atoms with van der Waals surface area (Å²) in [6.45, 7) is 7.21. The highest BCUT2D eigenvalue weighted by atomic mass is 35.5. The van der Waals surface area contributed by atoms with Crippen molar-refractivity contribution < 1.29 is 9.18 Å². The molecule has 0 radical (unpaired) electrons. The molecule has 1 aliphatic heterocycles. The number of hydrogen-bond donors (Lipinski definition) is 1. The van der Waals surface area contributed by atoms with E-state index >= 15 is 0 Å². The summed E-state index contributed by atoms with van der Waals surface area (Å²) >= 11 is 6.04. The Bertz CT molecular complexity index is 1210. The Morgan fingerprint density at radius 1 is 0.912 bits per heavy atom. The van der Waals surface area contributed by atoms with Crippen molar-refractivity contribution in [3.05, 3.63) is 70.6 Å². The van der Waals surface area contributed by atoms with Gasteiger partial charge in [-0.1, -0.05) is 25.4 Å². The fraction of sp³-hybridized carbons (Fsp3) is 0.346. The summed E-state index contributed by atoms with van der Waals surface area (Å²) in [4.78, 5) is 27.2. The highest BCUT2D eigenvalue weighted by molar-refractivity contribution is 6.30. The molecule has 1 N–H and O–H groups in total. The second-order valence-electron chi connectivity index (χ2n) is 9.72. The summed E-state index contributed by atoms with van der Waals surface area (Å²) in [6, 6.07) is 13.9. The first-order valence-corrected chi connectivity index (χ1v) is 11.9. The van der Waals surface area contributed by atoms with Crippen LogP contribution in [0.1, 0.15) is 36.3 Å². The maximum Gasteiger partial charge on any atom is 0.227 e. The van der Waals surface area contributed by atoms with Gasteiger partial charge in [-0.2, -0.15) is 4.98 Å². The molecule has 2 heterocycles. The summed E-state index contributed by atoms with van der Waals surface area (Å²) in [7, 11) is 0. The van der Waals surface area contributed by atoms with Crippen LogP contribution in [0, 0.1) is 11.2 Å². The third-order valence-electron chi connectivity index (χ3n) is 6.40. The van der Waals surface area contributed by atoms with Crippen molar-refractivity contribution in [1.29, 1.82) is 0 Å². The number of halogens is 2. The third-order valence-corrected chi connectivity index (χ3v) is 6.65. The number of anilines is 4. The number of piperazine rings is 1. The van der Waals surface area contributed by atoms with E-state index in [0.717, 1.165) is 43.2 Å². The van der Waals surface area contributed by atoms with Crippen molar-refractivity contribution in [2.45, 2.75) is 26.7 Å².